The number of benzene rings is 1. The summed E-state index contributed by atoms with van der Waals surface area (Å²) in [5.74, 6) is 2.80. The van der Waals surface area contributed by atoms with Crippen molar-refractivity contribution >= 4 is 44.3 Å². The molecule has 0 saturated heterocycles. The average Bonchev–Trinajstić information content (AvgIpc) is 2.74. The molecular weight excluding hydrogens is 421 g/mol. The van der Waals surface area contributed by atoms with Crippen LogP contribution in [0.15, 0.2) is 37.6 Å². The second-order valence-electron chi connectivity index (χ2n) is 5.11. The molecule has 2 aromatic rings. The number of rotatable bonds is 2. The summed E-state index contributed by atoms with van der Waals surface area (Å²) in [6.45, 7) is 3.68. The normalized spacial score (nSPS) is 18.0. The maximum atomic E-state index is 6.15. The highest BCUT2D eigenvalue weighted by Crippen LogP contribution is 2.34. The van der Waals surface area contributed by atoms with E-state index in [0.717, 1.165) is 39.3 Å². The zero-order chi connectivity index (χ0) is 14.3. The fourth-order valence-electron chi connectivity index (χ4n) is 2.48. The molecule has 0 radical (unpaired) electrons. The van der Waals surface area contributed by atoms with Crippen LogP contribution in [0.1, 0.15) is 23.2 Å². The van der Waals surface area contributed by atoms with Gasteiger partial charge in [-0.3, -0.25) is 4.90 Å². The molecule has 1 aromatic heterocycles. The summed E-state index contributed by atoms with van der Waals surface area (Å²) in [6.07, 6.45) is 0.00859. The first-order valence-electron chi connectivity index (χ1n) is 6.42. The summed E-state index contributed by atoms with van der Waals surface area (Å²) < 4.78 is 13.9. The van der Waals surface area contributed by atoms with Gasteiger partial charge in [-0.2, -0.15) is 0 Å². The molecule has 2 heterocycles. The van der Waals surface area contributed by atoms with E-state index in [0.29, 0.717) is 0 Å². The van der Waals surface area contributed by atoms with Crippen LogP contribution in [-0.4, -0.2) is 18.5 Å². The van der Waals surface area contributed by atoms with Gasteiger partial charge in [-0.15, -0.1) is 12.4 Å². The van der Waals surface area contributed by atoms with Crippen molar-refractivity contribution in [3.8, 4) is 5.75 Å². The van der Waals surface area contributed by atoms with E-state index in [1.165, 1.54) is 5.56 Å². The highest BCUT2D eigenvalue weighted by molar-refractivity contribution is 9.13. The van der Waals surface area contributed by atoms with Gasteiger partial charge in [0.1, 0.15) is 23.4 Å². The Morgan fingerprint density at radius 2 is 2.00 bits per heavy atom. The quantitative estimate of drug-likeness (QED) is 0.654. The summed E-state index contributed by atoms with van der Waals surface area (Å²) >= 11 is 6.97. The SMILES string of the molecule is Cc1cc2c(o1)CN(C)CC2Oc1ccc(Br)c(Br)c1.Cl. The first-order valence-corrected chi connectivity index (χ1v) is 8.01. The molecule has 1 aliphatic rings. The molecule has 0 aliphatic carbocycles. The molecule has 0 amide bonds. The Balaban J connectivity index is 0.00000161. The summed E-state index contributed by atoms with van der Waals surface area (Å²) in [6, 6.07) is 8.01. The minimum Gasteiger partial charge on any atom is -0.484 e. The van der Waals surface area contributed by atoms with Crippen molar-refractivity contribution in [2.24, 2.45) is 0 Å². The van der Waals surface area contributed by atoms with E-state index in [4.69, 9.17) is 9.15 Å². The van der Waals surface area contributed by atoms with Crippen molar-refractivity contribution < 1.29 is 9.15 Å². The molecule has 0 saturated carbocycles. The van der Waals surface area contributed by atoms with Gasteiger partial charge in [-0.1, -0.05) is 0 Å². The van der Waals surface area contributed by atoms with Gasteiger partial charge in [0.05, 0.1) is 6.54 Å². The smallest absolute Gasteiger partial charge is 0.140 e. The van der Waals surface area contributed by atoms with Gasteiger partial charge in [0.2, 0.25) is 0 Å². The number of halogens is 3. The van der Waals surface area contributed by atoms with Crippen LogP contribution in [0.2, 0.25) is 0 Å². The van der Waals surface area contributed by atoms with Crippen LogP contribution < -0.4 is 4.74 Å². The maximum Gasteiger partial charge on any atom is 0.140 e. The van der Waals surface area contributed by atoms with E-state index in [9.17, 15) is 0 Å². The van der Waals surface area contributed by atoms with Crippen LogP contribution in [0.5, 0.6) is 5.75 Å². The van der Waals surface area contributed by atoms with Crippen molar-refractivity contribution in [3.63, 3.8) is 0 Å². The van der Waals surface area contributed by atoms with Crippen molar-refractivity contribution in [2.45, 2.75) is 19.6 Å². The van der Waals surface area contributed by atoms with Crippen molar-refractivity contribution in [1.82, 2.24) is 4.90 Å². The molecule has 0 N–H and O–H groups in total. The van der Waals surface area contributed by atoms with Crippen LogP contribution in [0.4, 0.5) is 0 Å². The Bertz CT molecular complexity index is 645. The number of aryl methyl sites for hydroxylation is 1. The Morgan fingerprint density at radius 3 is 2.71 bits per heavy atom. The molecule has 21 heavy (non-hydrogen) atoms. The highest BCUT2D eigenvalue weighted by atomic mass is 79.9. The van der Waals surface area contributed by atoms with Gasteiger partial charge in [-0.05, 0) is 70.1 Å². The van der Waals surface area contributed by atoms with Gasteiger partial charge < -0.3 is 9.15 Å². The molecule has 114 valence electrons. The number of hydrogen-bond acceptors (Lipinski definition) is 3. The third-order valence-electron chi connectivity index (χ3n) is 3.37. The van der Waals surface area contributed by atoms with Crippen molar-refractivity contribution in [1.29, 1.82) is 0 Å². The van der Waals surface area contributed by atoms with Crippen LogP contribution in [0.3, 0.4) is 0 Å². The summed E-state index contributed by atoms with van der Waals surface area (Å²) in [5, 5.41) is 0. The molecule has 1 unspecified atom stereocenters. The number of likely N-dealkylation sites (N-methyl/N-ethyl adjacent to an activating group) is 1. The Labute approximate surface area is 147 Å². The van der Waals surface area contributed by atoms with E-state index >= 15 is 0 Å². The van der Waals surface area contributed by atoms with Crippen LogP contribution >= 0.6 is 44.3 Å². The number of furan rings is 1. The van der Waals surface area contributed by atoms with E-state index in [1.54, 1.807) is 0 Å². The first kappa shape index (κ1) is 16.9. The van der Waals surface area contributed by atoms with Gasteiger partial charge in [-0.25, -0.2) is 0 Å². The molecule has 0 fully saturated rings. The Morgan fingerprint density at radius 1 is 1.24 bits per heavy atom. The highest BCUT2D eigenvalue weighted by Gasteiger charge is 2.28. The lowest BCUT2D eigenvalue weighted by atomic mass is 10.1. The maximum absolute atomic E-state index is 6.15. The number of ether oxygens (including phenoxy) is 1. The molecule has 0 bridgehead atoms. The number of fused-ring (bicyclic) bond motifs is 1. The van der Waals surface area contributed by atoms with Crippen molar-refractivity contribution in [2.75, 3.05) is 13.6 Å². The number of hydrogen-bond donors (Lipinski definition) is 0. The lowest BCUT2D eigenvalue weighted by Crippen LogP contribution is -2.32. The molecule has 1 aliphatic heterocycles. The van der Waals surface area contributed by atoms with Gasteiger partial charge in [0.15, 0.2) is 0 Å². The summed E-state index contributed by atoms with van der Waals surface area (Å²) in [5.41, 5.74) is 1.17. The standard InChI is InChI=1S/C15H15Br2NO2.ClH/c1-9-5-11-14(19-9)7-18(2)8-15(11)20-10-3-4-12(16)13(17)6-10;/h3-6,15H,7-8H2,1-2H3;1H. The van der Waals surface area contributed by atoms with E-state index < -0.39 is 0 Å². The van der Waals surface area contributed by atoms with E-state index in [-0.39, 0.29) is 18.5 Å². The van der Waals surface area contributed by atoms with Gasteiger partial charge >= 0.3 is 0 Å². The zero-order valence-electron chi connectivity index (χ0n) is 11.7. The molecule has 0 spiro atoms. The second-order valence-corrected chi connectivity index (χ2v) is 6.82. The lowest BCUT2D eigenvalue weighted by molar-refractivity contribution is 0.119. The predicted molar refractivity (Wildman–Crippen MR) is 92.2 cm³/mol. The fraction of sp³-hybridized carbons (Fsp3) is 0.333. The van der Waals surface area contributed by atoms with Gasteiger partial charge in [0, 0.05) is 21.1 Å². The van der Waals surface area contributed by atoms with Crippen LogP contribution in [0.25, 0.3) is 0 Å². The second kappa shape index (κ2) is 6.73. The first-order chi connectivity index (χ1) is 9.52. The minimum absolute atomic E-state index is 0. The topological polar surface area (TPSA) is 25.6 Å². The zero-order valence-corrected chi connectivity index (χ0v) is 15.7. The lowest BCUT2D eigenvalue weighted by Gasteiger charge is -2.29. The largest absolute Gasteiger partial charge is 0.484 e. The summed E-state index contributed by atoms with van der Waals surface area (Å²) in [7, 11) is 2.08. The van der Waals surface area contributed by atoms with E-state index in [1.807, 2.05) is 25.1 Å². The average molecular weight is 438 g/mol. The minimum atomic E-state index is 0. The Hall–Kier alpha value is -0.490. The molecule has 3 rings (SSSR count). The molecule has 1 atom stereocenters. The predicted octanol–water partition coefficient (Wildman–Crippen LogP) is 5.10. The van der Waals surface area contributed by atoms with Crippen molar-refractivity contribution in [3.05, 3.63) is 50.3 Å². The van der Waals surface area contributed by atoms with E-state index in [2.05, 4.69) is 49.9 Å². The van der Waals surface area contributed by atoms with Crippen LogP contribution in [0, 0.1) is 6.92 Å². The Kier molecular flexibility index (Phi) is 5.41. The molecular formula is C15H16Br2ClNO2. The molecule has 1 aromatic carbocycles. The summed E-state index contributed by atoms with van der Waals surface area (Å²) in [4.78, 5) is 2.21. The third-order valence-corrected chi connectivity index (χ3v) is 5.25. The molecule has 3 nitrogen and oxygen atoms in total. The third kappa shape index (κ3) is 3.65. The number of nitrogens with zero attached hydrogens (tertiary/aromatic N) is 1. The fourth-order valence-corrected chi connectivity index (χ4v) is 3.09. The van der Waals surface area contributed by atoms with Gasteiger partial charge in [0.25, 0.3) is 0 Å². The molecule has 6 heteroatoms. The monoisotopic (exact) mass is 435 g/mol. The van der Waals surface area contributed by atoms with Crippen LogP contribution in [-0.2, 0) is 6.54 Å².